The summed E-state index contributed by atoms with van der Waals surface area (Å²) < 4.78 is 0. The number of hydrogen-bond donors (Lipinski definition) is 15. The zero-order valence-electron chi connectivity index (χ0n) is 54.5. The summed E-state index contributed by atoms with van der Waals surface area (Å²) in [5, 5.41) is 21.1. The van der Waals surface area contributed by atoms with E-state index in [1.165, 1.54) is 21.6 Å². The van der Waals surface area contributed by atoms with Crippen LogP contribution >= 0.6 is 11.8 Å². The second kappa shape index (κ2) is 41.0. The predicted molar refractivity (Wildman–Crippen MR) is 356 cm³/mol. The number of hydrogen-bond acceptors (Lipinski definition) is 17. The van der Waals surface area contributed by atoms with Crippen LogP contribution in [-0.2, 0) is 75.2 Å². The van der Waals surface area contributed by atoms with Crippen LogP contribution in [0.3, 0.4) is 0 Å². The topological polar surface area (TPSA) is 519 Å². The summed E-state index contributed by atoms with van der Waals surface area (Å²) >= 11 is 1.45. The van der Waals surface area contributed by atoms with Crippen LogP contribution in [0.25, 0.3) is 0 Å². The number of thioether (sulfide) groups is 1. The molecule has 0 aliphatic carbocycles. The second-order valence-electron chi connectivity index (χ2n) is 24.1. The maximum atomic E-state index is 14.7. The normalized spacial score (nSPS) is 16.8. The Kier molecular flexibility index (Phi) is 33.9. The van der Waals surface area contributed by atoms with E-state index < -0.39 is 169 Å². The molecule has 2 aliphatic rings. The van der Waals surface area contributed by atoms with Gasteiger partial charge in [-0.15, -0.1) is 0 Å². The molecule has 95 heavy (non-hydrogen) atoms. The summed E-state index contributed by atoms with van der Waals surface area (Å²) in [6.45, 7) is 3.86. The number of nitrogens with zero attached hydrogens (tertiary/aromatic N) is 3. The zero-order chi connectivity index (χ0) is 70.1. The number of carbonyl (C=O) groups is 13. The summed E-state index contributed by atoms with van der Waals surface area (Å²) in [5.41, 5.74) is 40.6. The molecule has 2 saturated heterocycles. The average Bonchev–Trinajstić information content (AvgIpc) is 1.74. The first-order valence-electron chi connectivity index (χ1n) is 32.2. The molecular formula is C63H98N18O13S. The van der Waals surface area contributed by atoms with Gasteiger partial charge in [-0.3, -0.25) is 67.3 Å². The first-order valence-corrected chi connectivity index (χ1v) is 33.6. The van der Waals surface area contributed by atoms with Gasteiger partial charge < -0.3 is 92.5 Å². The molecule has 4 rings (SSSR count). The molecule has 2 aromatic rings. The van der Waals surface area contributed by atoms with E-state index in [0.29, 0.717) is 55.4 Å². The summed E-state index contributed by atoms with van der Waals surface area (Å²) in [4.78, 5) is 185. The molecular weight excluding hydrogens is 1250 g/mol. The van der Waals surface area contributed by atoms with Gasteiger partial charge >= 0.3 is 0 Å². The van der Waals surface area contributed by atoms with Crippen molar-refractivity contribution in [3.05, 3.63) is 71.8 Å². The van der Waals surface area contributed by atoms with Gasteiger partial charge in [-0.1, -0.05) is 74.5 Å². The van der Waals surface area contributed by atoms with Gasteiger partial charge in [0.15, 0.2) is 5.96 Å². The Balaban J connectivity index is 1.56. The minimum atomic E-state index is -1.64. The van der Waals surface area contributed by atoms with Crippen LogP contribution in [0.5, 0.6) is 0 Å². The van der Waals surface area contributed by atoms with Crippen LogP contribution in [-0.4, -0.2) is 198 Å². The molecule has 0 radical (unpaired) electrons. The average molecular weight is 1350 g/mol. The number of primary amides is 3. The molecule has 31 nitrogen and oxygen atoms in total. The smallest absolute Gasteiger partial charge is 0.245 e. The molecule has 13 amide bonds. The number of unbranched alkanes of at least 4 members (excludes halogenated alkanes) is 1. The Labute approximate surface area is 558 Å². The van der Waals surface area contributed by atoms with E-state index in [1.807, 2.05) is 20.1 Å². The van der Waals surface area contributed by atoms with Gasteiger partial charge in [-0.2, -0.15) is 11.8 Å². The van der Waals surface area contributed by atoms with Crippen molar-refractivity contribution in [3.8, 4) is 0 Å². The van der Waals surface area contributed by atoms with Crippen LogP contribution < -0.4 is 82.7 Å². The van der Waals surface area contributed by atoms with E-state index in [9.17, 15) is 62.3 Å². The summed E-state index contributed by atoms with van der Waals surface area (Å²) in [7, 11) is 0. The Morgan fingerprint density at radius 3 is 1.51 bits per heavy atom. The van der Waals surface area contributed by atoms with Gasteiger partial charge in [-0.25, -0.2) is 0 Å². The minimum absolute atomic E-state index is 0.0736. The van der Waals surface area contributed by atoms with Crippen LogP contribution in [0.2, 0.25) is 0 Å². The van der Waals surface area contributed by atoms with Crippen molar-refractivity contribution in [2.45, 2.75) is 183 Å². The Morgan fingerprint density at radius 1 is 0.537 bits per heavy atom. The summed E-state index contributed by atoms with van der Waals surface area (Å²) in [6, 6.07) is 4.51. The highest BCUT2D eigenvalue weighted by atomic mass is 32.2. The lowest BCUT2D eigenvalue weighted by molar-refractivity contribution is -0.144. The molecule has 22 N–H and O–H groups in total. The van der Waals surface area contributed by atoms with Crippen molar-refractivity contribution in [3.63, 3.8) is 0 Å². The van der Waals surface area contributed by atoms with E-state index in [2.05, 4.69) is 47.5 Å². The predicted octanol–water partition coefficient (Wildman–Crippen LogP) is -3.71. The first kappa shape index (κ1) is 78.5. The number of rotatable bonds is 42. The maximum absolute atomic E-state index is 14.7. The molecule has 2 heterocycles. The Bertz CT molecular complexity index is 2960. The molecule has 0 spiro atoms. The van der Waals surface area contributed by atoms with E-state index in [-0.39, 0.29) is 83.0 Å². The lowest BCUT2D eigenvalue weighted by atomic mass is 10.0. The molecule has 0 bridgehead atoms. The molecule has 10 atom stereocenters. The van der Waals surface area contributed by atoms with Crippen molar-refractivity contribution in [1.82, 2.24) is 52.3 Å². The SMILES string of the molecule is CSCC[C@H](NC(=O)[C@H](CC(C)C)NC(=O)CNC(=O)[C@@H](Cc1ccccc1)NC(=O)[C@H](Cc1ccccc1)NC(=O)[C@H](CCC(N)=O)NC(=O)[C@@H](CCC(N)=O)NC(=O)[C@H]1CCCN1C(=O)[C@@H](CCCCN)NC(=O)[C@@H]1CCCN1C(=O)[C@H](N)CCCN=C(N)N)C(N)=O. The van der Waals surface area contributed by atoms with Crippen LogP contribution in [0.1, 0.15) is 121 Å². The van der Waals surface area contributed by atoms with E-state index in [1.54, 1.807) is 60.7 Å². The monoisotopic (exact) mass is 1350 g/mol. The highest BCUT2D eigenvalue weighted by Crippen LogP contribution is 2.24. The minimum Gasteiger partial charge on any atom is -0.370 e. The van der Waals surface area contributed by atoms with Gasteiger partial charge in [0, 0.05) is 45.3 Å². The van der Waals surface area contributed by atoms with E-state index >= 15 is 0 Å². The fourth-order valence-corrected chi connectivity index (χ4v) is 11.5. The third-order valence-electron chi connectivity index (χ3n) is 16.0. The lowest BCUT2D eigenvalue weighted by Crippen LogP contribution is -2.60. The molecule has 2 aromatic carbocycles. The molecule has 2 fully saturated rings. The number of carbonyl (C=O) groups excluding carboxylic acids is 13. The van der Waals surface area contributed by atoms with Gasteiger partial charge in [0.05, 0.1) is 12.6 Å². The van der Waals surface area contributed by atoms with Gasteiger partial charge in [0.25, 0.3) is 0 Å². The third kappa shape index (κ3) is 27.5. The highest BCUT2D eigenvalue weighted by Gasteiger charge is 2.42. The Morgan fingerprint density at radius 2 is 1.01 bits per heavy atom. The van der Waals surface area contributed by atoms with Crippen LogP contribution in [0.15, 0.2) is 65.7 Å². The zero-order valence-corrected chi connectivity index (χ0v) is 55.3. The standard InChI is InChI=1S/C63H98N18O13S/c1-37(2)33-45(57(89)74-41(53(68)85)27-32-95-3)73-52(84)36-72-54(86)46(34-38-15-6-4-7-16-38)78-58(90)47(35-39-17-8-5-9-18-39)79-56(88)42(23-25-50(66)82)75-55(87)43(24-26-51(67)83)76-59(91)49-22-14-31-81(49)62(94)44(20-10-11-28-64)77-60(92)48-21-13-30-80(48)61(93)40(65)19-12-29-71-63(69)70/h4-9,15-18,37,40-49H,10-14,19-36,64-65H2,1-3H3,(H2,66,82)(H2,67,83)(H2,68,85)(H,72,86)(H,73,84)(H,74,89)(H,75,87)(H,76,91)(H,77,92)(H,78,90)(H,79,88)(H4,69,70,71)/t40-,41+,42+,43-,44-,45+,46-,47+,48+,49-/m1/s1. The van der Waals surface area contributed by atoms with Crippen LogP contribution in [0, 0.1) is 5.92 Å². The number of nitrogens with two attached hydrogens (primary N) is 7. The van der Waals surface area contributed by atoms with Crippen molar-refractivity contribution < 1.29 is 62.3 Å². The largest absolute Gasteiger partial charge is 0.370 e. The van der Waals surface area contributed by atoms with E-state index in [4.69, 9.17) is 40.1 Å². The second-order valence-corrected chi connectivity index (χ2v) is 25.1. The Hall–Kier alpha value is -8.91. The lowest BCUT2D eigenvalue weighted by Gasteiger charge is -2.32. The number of nitrogens with one attached hydrogen (secondary N) is 8. The molecule has 32 heteroatoms. The van der Waals surface area contributed by atoms with E-state index in [0.717, 1.165) is 0 Å². The first-order chi connectivity index (χ1) is 45.2. The summed E-state index contributed by atoms with van der Waals surface area (Å²) in [5.74, 6) is -9.80. The maximum Gasteiger partial charge on any atom is 0.245 e. The van der Waals surface area contributed by atoms with Crippen molar-refractivity contribution in [2.75, 3.05) is 44.7 Å². The highest BCUT2D eigenvalue weighted by molar-refractivity contribution is 7.98. The molecule has 0 unspecified atom stereocenters. The number of amides is 13. The van der Waals surface area contributed by atoms with Gasteiger partial charge in [-0.05, 0) is 119 Å². The van der Waals surface area contributed by atoms with Crippen molar-refractivity contribution in [1.29, 1.82) is 0 Å². The van der Waals surface area contributed by atoms with Crippen molar-refractivity contribution >= 4 is 94.5 Å². The molecule has 524 valence electrons. The third-order valence-corrected chi connectivity index (χ3v) is 16.7. The number of likely N-dealkylation sites (tertiary alicyclic amines) is 2. The molecule has 0 saturated carbocycles. The van der Waals surface area contributed by atoms with Crippen LogP contribution in [0.4, 0.5) is 0 Å². The van der Waals surface area contributed by atoms with Crippen molar-refractivity contribution in [2.24, 2.45) is 51.0 Å². The number of guanidine groups is 1. The quantitative estimate of drug-likeness (QED) is 0.0173. The molecule has 0 aromatic heterocycles. The fraction of sp³-hybridized carbons (Fsp3) is 0.587. The number of aliphatic imine (C=N–C) groups is 1. The van der Waals surface area contributed by atoms with Gasteiger partial charge in [0.2, 0.25) is 76.8 Å². The molecule has 2 aliphatic heterocycles. The summed E-state index contributed by atoms with van der Waals surface area (Å²) in [6.07, 6.45) is 3.12. The van der Waals surface area contributed by atoms with Gasteiger partial charge in [0.1, 0.15) is 54.4 Å². The number of benzene rings is 2. The fourth-order valence-electron chi connectivity index (χ4n) is 11.0.